The summed E-state index contributed by atoms with van der Waals surface area (Å²) >= 11 is 0. The first-order valence-electron chi connectivity index (χ1n) is 20.2. The molecule has 10 saturated heterocycles. The van der Waals surface area contributed by atoms with Gasteiger partial charge >= 0.3 is 0 Å². The summed E-state index contributed by atoms with van der Waals surface area (Å²) in [6, 6.07) is -0.451. The molecule has 3 N–H and O–H groups in total. The Morgan fingerprint density at radius 3 is 2.38 bits per heavy atom. The molecule has 19 atom stereocenters. The normalized spacial score (nSPS) is 52.4. The average molecular weight is 730 g/mol. The lowest BCUT2D eigenvalue weighted by Crippen LogP contribution is -2.61. The van der Waals surface area contributed by atoms with Crippen molar-refractivity contribution in [3.05, 3.63) is 24.3 Å². The molecule has 12 bridgehead atoms. The number of methoxy groups -OCH3 is 1. The van der Waals surface area contributed by atoms with Crippen molar-refractivity contribution in [2.75, 3.05) is 13.7 Å². The predicted octanol–water partition coefficient (Wildman–Crippen LogP) is 3.44. The van der Waals surface area contributed by atoms with Crippen LogP contribution >= 0.6 is 0 Å². The van der Waals surface area contributed by atoms with E-state index in [0.29, 0.717) is 25.7 Å². The van der Waals surface area contributed by atoms with Crippen LogP contribution in [-0.2, 0) is 47.4 Å². The summed E-state index contributed by atoms with van der Waals surface area (Å²) in [6.45, 7) is 11.0. The maximum Gasteiger partial charge on any atom is 0.172 e. The quantitative estimate of drug-likeness (QED) is 0.409. The van der Waals surface area contributed by atoms with Gasteiger partial charge in [0, 0.05) is 51.2 Å². The molecular formula is C40H59NO11. The predicted molar refractivity (Wildman–Crippen MR) is 186 cm³/mol. The van der Waals surface area contributed by atoms with Gasteiger partial charge in [0.2, 0.25) is 0 Å². The molecule has 10 aliphatic rings. The molecule has 0 aliphatic carbocycles. The Morgan fingerprint density at radius 1 is 0.808 bits per heavy atom. The van der Waals surface area contributed by atoms with Crippen LogP contribution in [0.1, 0.15) is 90.4 Å². The summed E-state index contributed by atoms with van der Waals surface area (Å²) < 4.78 is 60.1. The standard InChI is InChI=1S/C40H59NO11/c1-19-11-24-5-7-28-20(2)12-26(45-28)9-10-40-17-33-36(51-40)37-38(50-33)39(52-40)35-29(49-37)8-6-25(47-35)14-23(43)15-27-31(16-30(46-24)21(19)3)48-32(34(27)44-4)13-22(41)18-42/h19,22,24-39,42H,2-3,5-18,41H2,1,4H3/t19-,22-,24+,25-,26+,27+,28+,29+,30-,31+,32-,33-,34-,35+,36+,37+,38-,39+,40+/m1/s1. The van der Waals surface area contributed by atoms with Crippen LogP contribution < -0.4 is 5.73 Å². The molecule has 12 heteroatoms. The first-order chi connectivity index (χ1) is 25.1. The zero-order chi connectivity index (χ0) is 35.9. The van der Waals surface area contributed by atoms with E-state index in [-0.39, 0.29) is 129 Å². The molecule has 290 valence electrons. The number of aliphatic hydroxyl groups excluding tert-OH is 1. The Bertz CT molecular complexity index is 1380. The van der Waals surface area contributed by atoms with Crippen LogP contribution in [-0.4, -0.2) is 128 Å². The van der Waals surface area contributed by atoms with Gasteiger partial charge in [-0.3, -0.25) is 4.79 Å². The van der Waals surface area contributed by atoms with Crippen molar-refractivity contribution in [3.8, 4) is 0 Å². The molecule has 0 saturated carbocycles. The number of carbonyl (C=O) groups is 1. The number of ether oxygens (including phenoxy) is 9. The summed E-state index contributed by atoms with van der Waals surface area (Å²) in [5.74, 6) is -0.594. The van der Waals surface area contributed by atoms with E-state index < -0.39 is 11.8 Å². The highest BCUT2D eigenvalue weighted by Crippen LogP contribution is 2.54. The number of nitrogens with two attached hydrogens (primary N) is 1. The topological polar surface area (TPSA) is 146 Å². The van der Waals surface area contributed by atoms with Gasteiger partial charge in [0.05, 0.1) is 67.6 Å². The lowest BCUT2D eigenvalue weighted by Gasteiger charge is -2.47. The average Bonchev–Trinajstić information content (AvgIpc) is 3.79. The van der Waals surface area contributed by atoms with Crippen molar-refractivity contribution in [2.45, 2.75) is 194 Å². The van der Waals surface area contributed by atoms with E-state index in [1.807, 2.05) is 0 Å². The molecule has 0 aromatic carbocycles. The SMILES string of the molecule is C=C1C[C@@H]2CC[C@@]34C[C@H]5O[C@H]6[C@@H](O3)[C@H]3O[C@H](CC[C@@H]3O[C@H]6[C@H]5O4)CC(=O)C[C@@H]3[C@@H](OC)[C@@H](C[C@@H](N)CO)O[C@H]3C[C@H]3O[C@@H](CC[C@@H]1O2)C[C@@H](C)C3=C. The van der Waals surface area contributed by atoms with Crippen LogP contribution in [0.25, 0.3) is 0 Å². The largest absolute Gasteiger partial charge is 0.395 e. The molecule has 1 spiro atoms. The number of hydrogen-bond acceptors (Lipinski definition) is 12. The third kappa shape index (κ3) is 6.59. The Balaban J connectivity index is 0.994. The van der Waals surface area contributed by atoms with Gasteiger partial charge in [-0.2, -0.15) is 0 Å². The molecule has 52 heavy (non-hydrogen) atoms. The summed E-state index contributed by atoms with van der Waals surface area (Å²) in [6.07, 6.45) is 5.83. The monoisotopic (exact) mass is 729 g/mol. The van der Waals surface area contributed by atoms with Crippen molar-refractivity contribution in [3.63, 3.8) is 0 Å². The molecule has 0 unspecified atom stereocenters. The molecular weight excluding hydrogens is 670 g/mol. The van der Waals surface area contributed by atoms with Gasteiger partial charge in [0.15, 0.2) is 5.79 Å². The molecule has 10 aliphatic heterocycles. The zero-order valence-electron chi connectivity index (χ0n) is 30.8. The Morgan fingerprint density at radius 2 is 1.56 bits per heavy atom. The fraction of sp³-hybridized carbons (Fsp3) is 0.875. The first-order valence-corrected chi connectivity index (χ1v) is 20.2. The minimum Gasteiger partial charge on any atom is -0.395 e. The number of Topliss-reactive ketones (excluding diaryl/α,β-unsaturated/α-hetero) is 1. The first kappa shape index (κ1) is 36.4. The minimum atomic E-state index is -0.779. The van der Waals surface area contributed by atoms with Crippen LogP contribution in [0.3, 0.4) is 0 Å². The fourth-order valence-corrected chi connectivity index (χ4v) is 11.3. The maximum absolute atomic E-state index is 14.1. The van der Waals surface area contributed by atoms with E-state index in [2.05, 4.69) is 20.1 Å². The summed E-state index contributed by atoms with van der Waals surface area (Å²) in [7, 11) is 1.67. The molecule has 0 amide bonds. The zero-order valence-corrected chi connectivity index (χ0v) is 30.8. The van der Waals surface area contributed by atoms with E-state index in [0.717, 1.165) is 56.1 Å². The number of aliphatic hydroxyl groups is 1. The number of rotatable bonds is 4. The van der Waals surface area contributed by atoms with Crippen molar-refractivity contribution in [2.24, 2.45) is 17.6 Å². The summed E-state index contributed by atoms with van der Waals surface area (Å²) in [4.78, 5) is 14.1. The highest BCUT2D eigenvalue weighted by molar-refractivity contribution is 5.79. The number of carbonyl (C=O) groups excluding carboxylic acids is 1. The second-order valence-corrected chi connectivity index (χ2v) is 17.5. The molecule has 10 rings (SSSR count). The molecule has 12 nitrogen and oxygen atoms in total. The van der Waals surface area contributed by atoms with E-state index in [9.17, 15) is 9.90 Å². The molecule has 10 heterocycles. The Kier molecular flexibility index (Phi) is 10.0. The highest BCUT2D eigenvalue weighted by Gasteiger charge is 2.68. The van der Waals surface area contributed by atoms with Crippen molar-refractivity contribution in [1.29, 1.82) is 0 Å². The van der Waals surface area contributed by atoms with Crippen LogP contribution in [0.4, 0.5) is 0 Å². The lowest BCUT2D eigenvalue weighted by molar-refractivity contribution is -0.292. The second-order valence-electron chi connectivity index (χ2n) is 17.5. The Labute approximate surface area is 307 Å². The van der Waals surface area contributed by atoms with Crippen LogP contribution in [0.2, 0.25) is 0 Å². The number of hydrogen-bond donors (Lipinski definition) is 2. The minimum absolute atomic E-state index is 0.0141. The fourth-order valence-electron chi connectivity index (χ4n) is 11.3. The molecule has 0 radical (unpaired) electrons. The van der Waals surface area contributed by atoms with Gasteiger partial charge in [-0.05, 0) is 68.4 Å². The third-order valence-corrected chi connectivity index (χ3v) is 14.0. The Hall–Kier alpha value is -1.29. The maximum atomic E-state index is 14.1. The van der Waals surface area contributed by atoms with Gasteiger partial charge in [-0.1, -0.05) is 20.1 Å². The third-order valence-electron chi connectivity index (χ3n) is 14.0. The van der Waals surface area contributed by atoms with E-state index in [1.54, 1.807) is 7.11 Å². The van der Waals surface area contributed by atoms with E-state index >= 15 is 0 Å². The second kappa shape index (κ2) is 14.3. The van der Waals surface area contributed by atoms with Crippen molar-refractivity contribution >= 4 is 5.78 Å². The van der Waals surface area contributed by atoms with Gasteiger partial charge in [-0.15, -0.1) is 0 Å². The van der Waals surface area contributed by atoms with Gasteiger partial charge in [0.1, 0.15) is 36.3 Å². The van der Waals surface area contributed by atoms with Crippen molar-refractivity contribution in [1.82, 2.24) is 0 Å². The van der Waals surface area contributed by atoms with Crippen LogP contribution in [0.5, 0.6) is 0 Å². The highest BCUT2D eigenvalue weighted by atomic mass is 16.8. The van der Waals surface area contributed by atoms with Crippen LogP contribution in [0, 0.1) is 11.8 Å². The number of ketones is 1. The van der Waals surface area contributed by atoms with Gasteiger partial charge in [0.25, 0.3) is 0 Å². The summed E-state index contributed by atoms with van der Waals surface area (Å²) in [5, 5.41) is 9.78. The lowest BCUT2D eigenvalue weighted by atomic mass is 9.81. The van der Waals surface area contributed by atoms with Gasteiger partial charge in [-0.25, -0.2) is 0 Å². The molecule has 0 aromatic rings. The molecule has 10 fully saturated rings. The summed E-state index contributed by atoms with van der Waals surface area (Å²) in [5.41, 5.74) is 8.42. The van der Waals surface area contributed by atoms with E-state index in [4.69, 9.17) is 48.4 Å². The smallest absolute Gasteiger partial charge is 0.172 e. The van der Waals surface area contributed by atoms with Gasteiger partial charge < -0.3 is 53.5 Å². The number of fused-ring (bicyclic) bond motifs is 6. The van der Waals surface area contributed by atoms with Crippen LogP contribution in [0.15, 0.2) is 24.3 Å². The molecule has 0 aromatic heterocycles. The van der Waals surface area contributed by atoms with Crippen molar-refractivity contribution < 1.29 is 52.5 Å². The van der Waals surface area contributed by atoms with E-state index in [1.165, 1.54) is 0 Å².